The van der Waals surface area contributed by atoms with Crippen molar-refractivity contribution in [1.82, 2.24) is 4.57 Å². The van der Waals surface area contributed by atoms with Crippen molar-refractivity contribution in [3.63, 3.8) is 0 Å². The fourth-order valence-electron chi connectivity index (χ4n) is 3.54. The molecule has 7 nitrogen and oxygen atoms in total. The minimum absolute atomic E-state index is 0.0465. The van der Waals surface area contributed by atoms with Gasteiger partial charge in [0.25, 0.3) is 5.91 Å². The van der Waals surface area contributed by atoms with Crippen molar-refractivity contribution in [2.45, 2.75) is 25.8 Å². The highest BCUT2D eigenvalue weighted by atomic mass is 32.1. The lowest BCUT2D eigenvalue weighted by atomic mass is 10.1. The van der Waals surface area contributed by atoms with Gasteiger partial charge in [0, 0.05) is 17.0 Å². The number of hydrogen-bond acceptors (Lipinski definition) is 6. The van der Waals surface area contributed by atoms with E-state index in [1.807, 2.05) is 30.3 Å². The summed E-state index contributed by atoms with van der Waals surface area (Å²) in [7, 11) is 0. The first-order valence-corrected chi connectivity index (χ1v) is 11.1. The molecule has 8 heteroatoms. The standard InChI is InChI=1S/C23H21N3O4S/c1-2-29-22(28)14-3-6-16(7-4-14)24-23-26(17-8-9-17)19(13-31-23)15-5-10-20-18(11-15)25-21(27)12-30-20/h3-7,10-11,13,17H,2,8-9,12H2,1H3,(H,25,27). The molecule has 0 unspecified atom stereocenters. The lowest BCUT2D eigenvalue weighted by Gasteiger charge is -2.19. The highest BCUT2D eigenvalue weighted by molar-refractivity contribution is 7.07. The van der Waals surface area contributed by atoms with Gasteiger partial charge in [-0.1, -0.05) is 0 Å². The van der Waals surface area contributed by atoms with E-state index in [2.05, 4.69) is 15.3 Å². The average molecular weight is 436 g/mol. The van der Waals surface area contributed by atoms with E-state index in [9.17, 15) is 9.59 Å². The number of carbonyl (C=O) groups excluding carboxylic acids is 2. The maximum Gasteiger partial charge on any atom is 0.338 e. The van der Waals surface area contributed by atoms with Gasteiger partial charge in [0.05, 0.1) is 29.2 Å². The number of thiazole rings is 1. The van der Waals surface area contributed by atoms with E-state index >= 15 is 0 Å². The minimum atomic E-state index is -0.330. The Morgan fingerprint density at radius 1 is 1.26 bits per heavy atom. The van der Waals surface area contributed by atoms with Crippen LogP contribution < -0.4 is 14.9 Å². The summed E-state index contributed by atoms with van der Waals surface area (Å²) in [6.07, 6.45) is 2.23. The second kappa shape index (κ2) is 8.03. The molecule has 1 aliphatic carbocycles. The Morgan fingerprint density at radius 3 is 2.81 bits per heavy atom. The predicted octanol–water partition coefficient (Wildman–Crippen LogP) is 4.29. The normalized spacial score (nSPS) is 15.8. The van der Waals surface area contributed by atoms with Gasteiger partial charge in [0.1, 0.15) is 5.75 Å². The number of carbonyl (C=O) groups is 2. The number of esters is 1. The number of aromatic nitrogens is 1. The molecule has 2 heterocycles. The van der Waals surface area contributed by atoms with Gasteiger partial charge in [0.2, 0.25) is 0 Å². The van der Waals surface area contributed by atoms with E-state index in [1.165, 1.54) is 0 Å². The molecule has 1 aliphatic heterocycles. The molecule has 1 fully saturated rings. The third kappa shape index (κ3) is 3.98. The highest BCUT2D eigenvalue weighted by Crippen LogP contribution is 2.40. The van der Waals surface area contributed by atoms with Crippen molar-refractivity contribution >= 4 is 34.6 Å². The molecule has 0 atom stereocenters. The van der Waals surface area contributed by atoms with Crippen LogP contribution in [0.1, 0.15) is 36.2 Å². The second-order valence-corrected chi connectivity index (χ2v) is 8.27. The second-order valence-electron chi connectivity index (χ2n) is 7.43. The summed E-state index contributed by atoms with van der Waals surface area (Å²) in [6.45, 7) is 2.18. The number of hydrogen-bond donors (Lipinski definition) is 1. The van der Waals surface area contributed by atoms with E-state index in [0.717, 1.165) is 34.6 Å². The molecule has 0 saturated heterocycles. The number of amides is 1. The predicted molar refractivity (Wildman–Crippen MR) is 118 cm³/mol. The van der Waals surface area contributed by atoms with Crippen molar-refractivity contribution in [3.8, 4) is 17.0 Å². The summed E-state index contributed by atoms with van der Waals surface area (Å²) in [5.41, 5.74) is 4.06. The number of nitrogens with zero attached hydrogens (tertiary/aromatic N) is 2. The van der Waals surface area contributed by atoms with Crippen LogP contribution >= 0.6 is 11.3 Å². The van der Waals surface area contributed by atoms with Crippen LogP contribution in [0.2, 0.25) is 0 Å². The molecule has 3 aromatic rings. The van der Waals surface area contributed by atoms with E-state index in [-0.39, 0.29) is 18.5 Å². The monoisotopic (exact) mass is 435 g/mol. The number of fused-ring (bicyclic) bond motifs is 1. The van der Waals surface area contributed by atoms with Crippen LogP contribution in [0.25, 0.3) is 11.3 Å². The fourth-order valence-corrected chi connectivity index (χ4v) is 4.52. The molecule has 31 heavy (non-hydrogen) atoms. The maximum absolute atomic E-state index is 11.9. The Morgan fingerprint density at radius 2 is 2.06 bits per heavy atom. The van der Waals surface area contributed by atoms with Crippen LogP contribution in [0.15, 0.2) is 52.8 Å². The first-order valence-electron chi connectivity index (χ1n) is 10.2. The van der Waals surface area contributed by atoms with Crippen LogP contribution in [-0.2, 0) is 9.53 Å². The van der Waals surface area contributed by atoms with Gasteiger partial charge >= 0.3 is 5.97 Å². The minimum Gasteiger partial charge on any atom is -0.482 e. The SMILES string of the molecule is CCOC(=O)c1ccc(N=c2scc(-c3ccc4c(c3)NC(=O)CO4)n2C2CC2)cc1. The van der Waals surface area contributed by atoms with Crippen molar-refractivity contribution in [3.05, 3.63) is 58.2 Å². The van der Waals surface area contributed by atoms with Crippen LogP contribution in [0.5, 0.6) is 5.75 Å². The molecule has 5 rings (SSSR count). The molecule has 1 N–H and O–H groups in total. The van der Waals surface area contributed by atoms with Gasteiger partial charge in [-0.25, -0.2) is 9.79 Å². The van der Waals surface area contributed by atoms with Crippen LogP contribution in [0, 0.1) is 0 Å². The Bertz CT molecular complexity index is 1220. The van der Waals surface area contributed by atoms with Crippen LogP contribution in [-0.4, -0.2) is 29.7 Å². The number of rotatable bonds is 5. The molecule has 1 saturated carbocycles. The fraction of sp³-hybridized carbons (Fsp3) is 0.261. The lowest BCUT2D eigenvalue weighted by molar-refractivity contribution is -0.118. The highest BCUT2D eigenvalue weighted by Gasteiger charge is 2.28. The average Bonchev–Trinajstić information content (AvgIpc) is 3.53. The third-order valence-corrected chi connectivity index (χ3v) is 6.00. The number of nitrogens with one attached hydrogen (secondary N) is 1. The number of benzene rings is 2. The van der Waals surface area contributed by atoms with E-state index in [4.69, 9.17) is 14.5 Å². The molecule has 1 aromatic heterocycles. The zero-order valence-corrected chi connectivity index (χ0v) is 17.8. The molecule has 0 radical (unpaired) electrons. The summed E-state index contributed by atoms with van der Waals surface area (Å²) < 4.78 is 12.8. The summed E-state index contributed by atoms with van der Waals surface area (Å²) >= 11 is 1.58. The number of ether oxygens (including phenoxy) is 2. The molecule has 2 aliphatic rings. The zero-order valence-electron chi connectivity index (χ0n) is 17.0. The zero-order chi connectivity index (χ0) is 21.4. The van der Waals surface area contributed by atoms with Gasteiger partial charge in [0.15, 0.2) is 11.4 Å². The molecular weight excluding hydrogens is 414 g/mol. The summed E-state index contributed by atoms with van der Waals surface area (Å²) in [5, 5.41) is 4.97. The molecule has 2 aromatic carbocycles. The van der Waals surface area contributed by atoms with Gasteiger partial charge in [-0.3, -0.25) is 4.79 Å². The van der Waals surface area contributed by atoms with Gasteiger partial charge in [-0.05, 0) is 62.2 Å². The van der Waals surface area contributed by atoms with Gasteiger partial charge in [-0.15, -0.1) is 11.3 Å². The third-order valence-electron chi connectivity index (χ3n) is 5.16. The Labute approximate surface area is 183 Å². The van der Waals surface area contributed by atoms with E-state index < -0.39 is 0 Å². The first kappa shape index (κ1) is 19.6. The van der Waals surface area contributed by atoms with E-state index in [1.54, 1.807) is 30.4 Å². The number of anilines is 1. The van der Waals surface area contributed by atoms with E-state index in [0.29, 0.717) is 29.6 Å². The smallest absolute Gasteiger partial charge is 0.338 e. The van der Waals surface area contributed by atoms with Crippen LogP contribution in [0.4, 0.5) is 11.4 Å². The van der Waals surface area contributed by atoms with Gasteiger partial charge in [-0.2, -0.15) is 0 Å². The Balaban J connectivity index is 1.50. The summed E-state index contributed by atoms with van der Waals surface area (Å²) in [4.78, 5) is 29.3. The van der Waals surface area contributed by atoms with Gasteiger partial charge < -0.3 is 19.4 Å². The molecule has 158 valence electrons. The van der Waals surface area contributed by atoms with Crippen LogP contribution in [0.3, 0.4) is 0 Å². The van der Waals surface area contributed by atoms with Crippen molar-refractivity contribution in [2.75, 3.05) is 18.5 Å². The summed E-state index contributed by atoms with van der Waals surface area (Å²) in [5.74, 6) is 0.208. The maximum atomic E-state index is 11.9. The Kier molecular flexibility index (Phi) is 5.07. The van der Waals surface area contributed by atoms with Crippen molar-refractivity contribution in [2.24, 2.45) is 4.99 Å². The van der Waals surface area contributed by atoms with Crippen molar-refractivity contribution < 1.29 is 19.1 Å². The Hall–Kier alpha value is -3.39. The molecular formula is C23H21N3O4S. The topological polar surface area (TPSA) is 81.9 Å². The summed E-state index contributed by atoms with van der Waals surface area (Å²) in [6, 6.07) is 13.4. The lowest BCUT2D eigenvalue weighted by Crippen LogP contribution is -2.25. The quantitative estimate of drug-likeness (QED) is 0.606. The first-order chi connectivity index (χ1) is 15.1. The van der Waals surface area contributed by atoms with Crippen molar-refractivity contribution in [1.29, 1.82) is 0 Å². The molecule has 0 spiro atoms. The molecule has 1 amide bonds. The molecule has 0 bridgehead atoms. The largest absolute Gasteiger partial charge is 0.482 e.